The maximum Gasteiger partial charge on any atom is 0.311 e. The smallest absolute Gasteiger partial charge is 0.311 e. The molecular weight excluding hydrogens is 544 g/mol. The Kier molecular flexibility index (Phi) is 6.78. The Morgan fingerprint density at radius 2 is 1.88 bits per heavy atom. The van der Waals surface area contributed by atoms with Gasteiger partial charge in [0, 0.05) is 22.0 Å². The summed E-state index contributed by atoms with van der Waals surface area (Å²) >= 11 is 6.15. The van der Waals surface area contributed by atoms with Gasteiger partial charge in [-0.2, -0.15) is 9.78 Å². The summed E-state index contributed by atoms with van der Waals surface area (Å²) in [4.78, 5) is 29.6. The standard InChI is InChI=1S/C31H21ClN4O5/c1-19-6-4-7-20(14-19)18-40-29-21(8-5-11-26(29)36(38)39)17-33-35-30(34-25-10-3-2-9-24(25)31(35)37)28-16-22-15-23(32)12-13-27(22)41-28/h2-17H,18H2,1H3. The van der Waals surface area contributed by atoms with Crippen LogP contribution < -0.4 is 10.3 Å². The van der Waals surface area contributed by atoms with Crippen LogP contribution in [0, 0.1) is 17.0 Å². The molecule has 0 saturated heterocycles. The highest BCUT2D eigenvalue weighted by Crippen LogP contribution is 2.32. The van der Waals surface area contributed by atoms with Crippen molar-refractivity contribution in [2.45, 2.75) is 13.5 Å². The molecule has 2 aromatic heterocycles. The molecule has 202 valence electrons. The average Bonchev–Trinajstić information content (AvgIpc) is 3.38. The first-order chi connectivity index (χ1) is 19.9. The normalized spacial score (nSPS) is 11.5. The second-order valence-corrected chi connectivity index (χ2v) is 9.77. The Bertz CT molecular complexity index is 2050. The van der Waals surface area contributed by atoms with Crippen molar-refractivity contribution in [2.75, 3.05) is 0 Å². The van der Waals surface area contributed by atoms with Crippen LogP contribution in [0.2, 0.25) is 5.02 Å². The Morgan fingerprint density at radius 3 is 2.71 bits per heavy atom. The molecule has 9 nitrogen and oxygen atoms in total. The molecule has 0 fully saturated rings. The lowest BCUT2D eigenvalue weighted by molar-refractivity contribution is -0.385. The number of benzene rings is 4. The van der Waals surface area contributed by atoms with Gasteiger partial charge in [-0.25, -0.2) is 4.98 Å². The van der Waals surface area contributed by atoms with Gasteiger partial charge in [-0.15, -0.1) is 0 Å². The Morgan fingerprint density at radius 1 is 1.05 bits per heavy atom. The molecule has 10 heteroatoms. The maximum atomic E-state index is 13.6. The quantitative estimate of drug-likeness (QED) is 0.116. The van der Waals surface area contributed by atoms with Crippen molar-refractivity contribution in [3.05, 3.63) is 133 Å². The van der Waals surface area contributed by atoms with Crippen LogP contribution in [0.5, 0.6) is 5.75 Å². The summed E-state index contributed by atoms with van der Waals surface area (Å²) in [6.07, 6.45) is 1.35. The molecule has 0 aliphatic rings. The monoisotopic (exact) mass is 564 g/mol. The van der Waals surface area contributed by atoms with Gasteiger partial charge in [0.15, 0.2) is 5.76 Å². The van der Waals surface area contributed by atoms with Gasteiger partial charge in [-0.3, -0.25) is 14.9 Å². The molecule has 0 N–H and O–H groups in total. The highest BCUT2D eigenvalue weighted by Gasteiger charge is 2.20. The Labute approximate surface area is 238 Å². The van der Waals surface area contributed by atoms with Gasteiger partial charge in [0.1, 0.15) is 12.2 Å². The fraction of sp³-hybridized carbons (Fsp3) is 0.0645. The van der Waals surface area contributed by atoms with Crippen LogP contribution in [-0.4, -0.2) is 20.8 Å². The Balaban J connectivity index is 1.47. The number of rotatable bonds is 7. The van der Waals surface area contributed by atoms with Crippen LogP contribution in [0.4, 0.5) is 5.69 Å². The minimum atomic E-state index is -0.516. The number of ether oxygens (including phenoxy) is 1. The zero-order valence-corrected chi connectivity index (χ0v) is 22.4. The number of aromatic nitrogens is 2. The van der Waals surface area contributed by atoms with E-state index >= 15 is 0 Å². The predicted octanol–water partition coefficient (Wildman–Crippen LogP) is 7.14. The van der Waals surface area contributed by atoms with Crippen LogP contribution >= 0.6 is 11.6 Å². The van der Waals surface area contributed by atoms with E-state index in [0.717, 1.165) is 21.2 Å². The van der Waals surface area contributed by atoms with Gasteiger partial charge in [0.2, 0.25) is 11.6 Å². The van der Waals surface area contributed by atoms with Crippen molar-refractivity contribution in [2.24, 2.45) is 5.10 Å². The summed E-state index contributed by atoms with van der Waals surface area (Å²) in [5, 5.41) is 17.9. The van der Waals surface area contributed by atoms with E-state index in [9.17, 15) is 14.9 Å². The molecule has 0 aliphatic carbocycles. The molecule has 0 bridgehead atoms. The van der Waals surface area contributed by atoms with E-state index in [-0.39, 0.29) is 23.9 Å². The van der Waals surface area contributed by atoms with Gasteiger partial charge >= 0.3 is 5.69 Å². The van der Waals surface area contributed by atoms with Crippen LogP contribution in [0.3, 0.4) is 0 Å². The number of para-hydroxylation sites is 2. The molecule has 4 aromatic carbocycles. The van der Waals surface area contributed by atoms with Gasteiger partial charge in [-0.1, -0.05) is 59.6 Å². The lowest BCUT2D eigenvalue weighted by Crippen LogP contribution is -2.20. The molecule has 0 radical (unpaired) electrons. The van der Waals surface area contributed by atoms with E-state index in [1.54, 1.807) is 54.6 Å². The molecule has 2 heterocycles. The maximum absolute atomic E-state index is 13.6. The topological polar surface area (TPSA) is 113 Å². The van der Waals surface area contributed by atoms with Crippen molar-refractivity contribution >= 4 is 45.4 Å². The number of halogens is 1. The van der Waals surface area contributed by atoms with Gasteiger partial charge in [0.25, 0.3) is 5.56 Å². The van der Waals surface area contributed by atoms with E-state index in [4.69, 9.17) is 20.8 Å². The minimum Gasteiger partial charge on any atom is -0.481 e. The van der Waals surface area contributed by atoms with Gasteiger partial charge < -0.3 is 9.15 Å². The first-order valence-electron chi connectivity index (χ1n) is 12.6. The molecular formula is C31H21ClN4O5. The summed E-state index contributed by atoms with van der Waals surface area (Å²) in [5.41, 5.74) is 2.58. The summed E-state index contributed by atoms with van der Waals surface area (Å²) in [6.45, 7) is 2.06. The van der Waals surface area contributed by atoms with E-state index in [0.29, 0.717) is 32.8 Å². The first kappa shape index (κ1) is 26.0. The van der Waals surface area contributed by atoms with E-state index in [1.165, 1.54) is 18.3 Å². The lowest BCUT2D eigenvalue weighted by Gasteiger charge is -2.11. The average molecular weight is 565 g/mol. The van der Waals surface area contributed by atoms with Crippen LogP contribution in [0.1, 0.15) is 16.7 Å². The Hall–Kier alpha value is -5.28. The number of hydrogen-bond donors (Lipinski definition) is 0. The van der Waals surface area contributed by atoms with Crippen LogP contribution in [0.15, 0.2) is 105 Å². The van der Waals surface area contributed by atoms with E-state index in [2.05, 4.69) is 10.1 Å². The van der Waals surface area contributed by atoms with Crippen LogP contribution in [-0.2, 0) is 6.61 Å². The second kappa shape index (κ2) is 10.7. The number of nitro groups is 1. The van der Waals surface area contributed by atoms with Gasteiger partial charge in [0.05, 0.1) is 22.0 Å². The fourth-order valence-electron chi connectivity index (χ4n) is 4.54. The largest absolute Gasteiger partial charge is 0.481 e. The van der Waals surface area contributed by atoms with Crippen LogP contribution in [0.25, 0.3) is 33.5 Å². The molecule has 6 aromatic rings. The molecule has 0 aliphatic heterocycles. The number of nitrogens with zero attached hydrogens (tertiary/aromatic N) is 4. The lowest BCUT2D eigenvalue weighted by atomic mass is 10.1. The summed E-state index contributed by atoms with van der Waals surface area (Å²) < 4.78 is 13.1. The van der Waals surface area contributed by atoms with Crippen molar-refractivity contribution in [3.8, 4) is 17.3 Å². The van der Waals surface area contributed by atoms with Crippen molar-refractivity contribution in [1.29, 1.82) is 0 Å². The molecule has 0 saturated carbocycles. The van der Waals surface area contributed by atoms with Crippen molar-refractivity contribution in [1.82, 2.24) is 9.66 Å². The third kappa shape index (κ3) is 5.18. The van der Waals surface area contributed by atoms with Crippen molar-refractivity contribution in [3.63, 3.8) is 0 Å². The number of furan rings is 1. The predicted molar refractivity (Wildman–Crippen MR) is 158 cm³/mol. The second-order valence-electron chi connectivity index (χ2n) is 9.34. The molecule has 0 spiro atoms. The highest BCUT2D eigenvalue weighted by atomic mass is 35.5. The number of fused-ring (bicyclic) bond motifs is 2. The number of hydrogen-bond acceptors (Lipinski definition) is 7. The molecule has 0 atom stereocenters. The fourth-order valence-corrected chi connectivity index (χ4v) is 4.72. The molecule has 0 unspecified atom stereocenters. The third-order valence-electron chi connectivity index (χ3n) is 6.45. The van der Waals surface area contributed by atoms with E-state index in [1.807, 2.05) is 31.2 Å². The number of aryl methyl sites for hydroxylation is 1. The number of nitro benzene ring substituents is 1. The highest BCUT2D eigenvalue weighted by molar-refractivity contribution is 6.31. The third-order valence-corrected chi connectivity index (χ3v) is 6.69. The zero-order valence-electron chi connectivity index (χ0n) is 21.7. The molecule has 0 amide bonds. The summed E-state index contributed by atoms with van der Waals surface area (Å²) in [7, 11) is 0. The summed E-state index contributed by atoms with van der Waals surface area (Å²) in [6, 6.07) is 26.0. The zero-order chi connectivity index (χ0) is 28.5. The van der Waals surface area contributed by atoms with Gasteiger partial charge in [-0.05, 0) is 55.0 Å². The summed E-state index contributed by atoms with van der Waals surface area (Å²) in [5.74, 6) is 0.492. The minimum absolute atomic E-state index is 0.0319. The van der Waals surface area contributed by atoms with Crippen molar-refractivity contribution < 1.29 is 14.1 Å². The van der Waals surface area contributed by atoms with E-state index < -0.39 is 10.5 Å². The SMILES string of the molecule is Cc1cccc(COc2c(C=Nn3c(-c4cc5cc(Cl)ccc5o4)nc4ccccc4c3=O)cccc2[N+](=O)[O-])c1. The first-order valence-corrected chi connectivity index (χ1v) is 13.0. The molecule has 6 rings (SSSR count). The molecule has 41 heavy (non-hydrogen) atoms.